The summed E-state index contributed by atoms with van der Waals surface area (Å²) < 4.78 is 23.2. The van der Waals surface area contributed by atoms with Crippen LogP contribution in [0.4, 0.5) is 14.9 Å². The second-order valence-corrected chi connectivity index (χ2v) is 10.5. The molecule has 8 nitrogen and oxygen atoms in total. The molecule has 1 unspecified atom stereocenters. The number of esters is 1. The number of ether oxygens (including phenoxy) is 2. The molecular weight excluding hydrogens is 489 g/mol. The number of methoxy groups -OCH3 is 1. The lowest BCUT2D eigenvalue weighted by Crippen LogP contribution is -2.52. The molecule has 2 heterocycles. The largest absolute Gasteiger partial charge is 0.462 e. The van der Waals surface area contributed by atoms with Crippen molar-refractivity contribution in [2.45, 2.75) is 84.8 Å². The number of nitrogens with zero attached hydrogens (tertiary/aromatic N) is 2. The summed E-state index contributed by atoms with van der Waals surface area (Å²) in [5.41, 5.74) is 0.852. The van der Waals surface area contributed by atoms with Gasteiger partial charge in [-0.15, -0.1) is 0 Å². The number of cyclic esters (lactones) is 1. The van der Waals surface area contributed by atoms with Crippen LogP contribution in [0.5, 0.6) is 0 Å². The van der Waals surface area contributed by atoms with E-state index in [0.717, 1.165) is 76.8 Å². The van der Waals surface area contributed by atoms with Gasteiger partial charge in [-0.2, -0.15) is 0 Å². The van der Waals surface area contributed by atoms with E-state index >= 15 is 0 Å². The molecule has 2 fully saturated rings. The SMILES string of the molecule is CCCCC1(CCC)C[C@H](CCN2CCN(c3ccc(F)cc3)C[C@@H]2C)OC1=O.COC(=O)NCC(C)=O. The molecule has 0 bridgehead atoms. The molecule has 0 saturated carbocycles. The first-order valence-corrected chi connectivity index (χ1v) is 13.9. The molecule has 1 amide bonds. The molecule has 38 heavy (non-hydrogen) atoms. The highest BCUT2D eigenvalue weighted by Gasteiger charge is 2.47. The number of carbonyl (C=O) groups excluding carboxylic acids is 3. The Morgan fingerprint density at radius 3 is 2.45 bits per heavy atom. The summed E-state index contributed by atoms with van der Waals surface area (Å²) >= 11 is 0. The lowest BCUT2D eigenvalue weighted by Gasteiger charge is -2.41. The fraction of sp³-hybridized carbons (Fsp3) is 0.690. The molecule has 0 radical (unpaired) electrons. The summed E-state index contributed by atoms with van der Waals surface area (Å²) in [5.74, 6) is -0.239. The van der Waals surface area contributed by atoms with Gasteiger partial charge in [0.15, 0.2) is 0 Å². The third kappa shape index (κ3) is 9.57. The number of anilines is 1. The number of benzene rings is 1. The molecular formula is C29H46FN3O5. The summed E-state index contributed by atoms with van der Waals surface area (Å²) in [5, 5.41) is 2.22. The van der Waals surface area contributed by atoms with Gasteiger partial charge < -0.3 is 19.7 Å². The third-order valence-electron chi connectivity index (χ3n) is 7.42. The van der Waals surface area contributed by atoms with Crippen molar-refractivity contribution in [3.05, 3.63) is 30.1 Å². The number of nitrogens with one attached hydrogen (secondary N) is 1. The first-order chi connectivity index (χ1) is 18.1. The van der Waals surface area contributed by atoms with Gasteiger partial charge in [-0.3, -0.25) is 14.5 Å². The second-order valence-electron chi connectivity index (χ2n) is 10.5. The summed E-state index contributed by atoms with van der Waals surface area (Å²) in [6.07, 6.45) is 6.48. The van der Waals surface area contributed by atoms with Crippen molar-refractivity contribution < 1.29 is 28.2 Å². The fourth-order valence-electron chi connectivity index (χ4n) is 5.32. The quantitative estimate of drug-likeness (QED) is 0.401. The Bertz CT molecular complexity index is 897. The zero-order valence-corrected chi connectivity index (χ0v) is 23.8. The third-order valence-corrected chi connectivity index (χ3v) is 7.42. The maximum absolute atomic E-state index is 13.2. The first-order valence-electron chi connectivity index (χ1n) is 13.9. The van der Waals surface area contributed by atoms with Crippen LogP contribution in [-0.2, 0) is 19.1 Å². The zero-order valence-electron chi connectivity index (χ0n) is 23.8. The number of carbonyl (C=O) groups is 3. The van der Waals surface area contributed by atoms with E-state index in [0.29, 0.717) is 6.04 Å². The predicted octanol–water partition coefficient (Wildman–Crippen LogP) is 4.95. The predicted molar refractivity (Wildman–Crippen MR) is 147 cm³/mol. The van der Waals surface area contributed by atoms with Gasteiger partial charge in [0, 0.05) is 44.3 Å². The summed E-state index contributed by atoms with van der Waals surface area (Å²) in [4.78, 5) is 37.9. The highest BCUT2D eigenvalue weighted by Crippen LogP contribution is 2.43. The van der Waals surface area contributed by atoms with Crippen LogP contribution in [0.15, 0.2) is 24.3 Å². The Morgan fingerprint density at radius 1 is 1.16 bits per heavy atom. The number of Topliss-reactive ketones (excluding diaryl/α,β-unsaturated/α-hetero) is 1. The number of ketones is 1. The van der Waals surface area contributed by atoms with Crippen LogP contribution in [0.3, 0.4) is 0 Å². The first kappa shape index (κ1) is 31.5. The van der Waals surface area contributed by atoms with E-state index in [1.807, 2.05) is 12.1 Å². The number of amides is 1. The molecule has 2 saturated heterocycles. The van der Waals surface area contributed by atoms with E-state index in [-0.39, 0.29) is 35.6 Å². The van der Waals surface area contributed by atoms with E-state index in [9.17, 15) is 18.8 Å². The van der Waals surface area contributed by atoms with Crippen LogP contribution in [0.2, 0.25) is 0 Å². The van der Waals surface area contributed by atoms with Crippen molar-refractivity contribution in [2.75, 3.05) is 44.7 Å². The van der Waals surface area contributed by atoms with E-state index in [2.05, 4.69) is 40.6 Å². The minimum absolute atomic E-state index is 0.0344. The molecule has 3 rings (SSSR count). The number of hydrogen-bond donors (Lipinski definition) is 1. The van der Waals surface area contributed by atoms with Gasteiger partial charge in [0.25, 0.3) is 0 Å². The van der Waals surface area contributed by atoms with Crippen molar-refractivity contribution in [1.82, 2.24) is 10.2 Å². The van der Waals surface area contributed by atoms with Gasteiger partial charge in [-0.05, 0) is 57.4 Å². The van der Waals surface area contributed by atoms with Crippen LogP contribution in [0.25, 0.3) is 0 Å². The molecule has 0 aromatic heterocycles. The maximum Gasteiger partial charge on any atom is 0.407 e. The lowest BCUT2D eigenvalue weighted by molar-refractivity contribution is -0.149. The minimum atomic E-state index is -0.579. The average Bonchev–Trinajstić information content (AvgIpc) is 3.21. The number of alkyl carbamates (subject to hydrolysis) is 1. The molecule has 9 heteroatoms. The van der Waals surface area contributed by atoms with E-state index in [1.165, 1.54) is 26.2 Å². The van der Waals surface area contributed by atoms with Gasteiger partial charge in [0.2, 0.25) is 0 Å². The van der Waals surface area contributed by atoms with Gasteiger partial charge in [-0.1, -0.05) is 33.1 Å². The highest BCUT2D eigenvalue weighted by atomic mass is 19.1. The van der Waals surface area contributed by atoms with Crippen molar-refractivity contribution in [3.63, 3.8) is 0 Å². The molecule has 1 aromatic rings. The van der Waals surface area contributed by atoms with Gasteiger partial charge in [-0.25, -0.2) is 9.18 Å². The van der Waals surface area contributed by atoms with E-state index in [1.54, 1.807) is 0 Å². The number of hydrogen-bond acceptors (Lipinski definition) is 7. The Kier molecular flexibility index (Phi) is 13.0. The second kappa shape index (κ2) is 15.7. The highest BCUT2D eigenvalue weighted by molar-refractivity contribution is 5.81. The van der Waals surface area contributed by atoms with Crippen LogP contribution in [-0.4, -0.2) is 74.7 Å². The molecule has 0 aliphatic carbocycles. The van der Waals surface area contributed by atoms with Gasteiger partial charge >= 0.3 is 12.1 Å². The normalized spacial score (nSPS) is 23.3. The number of halogens is 1. The van der Waals surface area contributed by atoms with Crippen LogP contribution in [0, 0.1) is 11.2 Å². The van der Waals surface area contributed by atoms with Crippen LogP contribution >= 0.6 is 0 Å². The topological polar surface area (TPSA) is 88.2 Å². The van der Waals surface area contributed by atoms with Crippen LogP contribution < -0.4 is 10.2 Å². The maximum atomic E-state index is 13.2. The fourth-order valence-corrected chi connectivity index (χ4v) is 5.32. The van der Waals surface area contributed by atoms with Crippen molar-refractivity contribution in [1.29, 1.82) is 0 Å². The number of unbranched alkanes of at least 4 members (excludes halogenated alkanes) is 1. The number of rotatable bonds is 11. The Labute approximate surface area is 227 Å². The van der Waals surface area contributed by atoms with Crippen molar-refractivity contribution in [2.24, 2.45) is 5.41 Å². The Balaban J connectivity index is 0.000000484. The van der Waals surface area contributed by atoms with Crippen LogP contribution in [0.1, 0.15) is 72.6 Å². The number of piperazine rings is 1. The zero-order chi connectivity index (χ0) is 28.1. The monoisotopic (exact) mass is 535 g/mol. The summed E-state index contributed by atoms with van der Waals surface area (Å²) in [6.45, 7) is 11.8. The molecule has 2 aliphatic heterocycles. The molecule has 0 spiro atoms. The van der Waals surface area contributed by atoms with E-state index in [4.69, 9.17) is 4.74 Å². The lowest BCUT2D eigenvalue weighted by atomic mass is 9.76. The molecule has 1 N–H and O–H groups in total. The average molecular weight is 536 g/mol. The molecule has 1 aromatic carbocycles. The van der Waals surface area contributed by atoms with Crippen molar-refractivity contribution in [3.8, 4) is 0 Å². The van der Waals surface area contributed by atoms with E-state index < -0.39 is 6.09 Å². The Morgan fingerprint density at radius 2 is 1.87 bits per heavy atom. The summed E-state index contributed by atoms with van der Waals surface area (Å²) in [6, 6.07) is 7.20. The van der Waals surface area contributed by atoms with Gasteiger partial charge in [0.05, 0.1) is 19.1 Å². The van der Waals surface area contributed by atoms with Gasteiger partial charge in [0.1, 0.15) is 17.7 Å². The Hall–Kier alpha value is -2.68. The summed E-state index contributed by atoms with van der Waals surface area (Å²) in [7, 11) is 1.25. The standard InChI is InChI=1S/C24H37FN2O2.C5H9NO3/c1-4-6-13-24(12-5-2)17-22(29-23(24)28)11-14-26-15-16-27(18-19(26)3)21-9-7-20(25)8-10-21;1-4(7)3-6-5(8)9-2/h7-10,19,22H,4-6,11-18H2,1-3H3;3H2,1-2H3,(H,6,8)/t19-,22-,24?;/m0./s1. The smallest absolute Gasteiger partial charge is 0.407 e. The molecule has 2 aliphatic rings. The molecule has 3 atom stereocenters. The van der Waals surface area contributed by atoms with Crippen molar-refractivity contribution >= 4 is 23.5 Å². The minimum Gasteiger partial charge on any atom is -0.462 e. The molecule has 214 valence electrons.